The topological polar surface area (TPSA) is 87.9 Å². The number of alkyl halides is 1. The van der Waals surface area contributed by atoms with Gasteiger partial charge in [0.2, 0.25) is 0 Å². The Morgan fingerprint density at radius 2 is 2.17 bits per heavy atom. The summed E-state index contributed by atoms with van der Waals surface area (Å²) in [6, 6.07) is 0. The van der Waals surface area contributed by atoms with Crippen LogP contribution in [0.5, 0.6) is 0 Å². The molecule has 2 aromatic heterocycles. The van der Waals surface area contributed by atoms with E-state index in [4.69, 9.17) is 4.52 Å². The summed E-state index contributed by atoms with van der Waals surface area (Å²) in [7, 11) is 0. The predicted octanol–water partition coefficient (Wildman–Crippen LogP) is 2.11. The molecule has 0 bridgehead atoms. The molecule has 0 spiro atoms. The zero-order chi connectivity index (χ0) is 16.8. The highest BCUT2D eigenvalue weighted by Gasteiger charge is 2.40. The summed E-state index contributed by atoms with van der Waals surface area (Å²) in [5, 5.41) is 11.0. The van der Waals surface area contributed by atoms with E-state index in [9.17, 15) is 9.18 Å². The fraction of sp³-hybridized carbons (Fsp3) is 0.625. The Bertz CT molecular complexity index is 747. The van der Waals surface area contributed by atoms with E-state index in [1.54, 1.807) is 18.7 Å². The number of carbonyl (C=O) groups excluding carboxylic acids is 1. The van der Waals surface area contributed by atoms with Crippen molar-refractivity contribution in [3.8, 4) is 0 Å². The highest BCUT2D eigenvalue weighted by atomic mass is 19.1. The lowest BCUT2D eigenvalue weighted by molar-refractivity contribution is 0.0782. The van der Waals surface area contributed by atoms with Gasteiger partial charge in [0.15, 0.2) is 5.82 Å². The van der Waals surface area contributed by atoms with Crippen molar-refractivity contribution in [3.05, 3.63) is 28.7 Å². The standard InChI is InChI=1S/C16H20FN5O2/c1-8-13(9(2)24-21-8)16(23)22-6-11(5-17)12(7-22)15-18-14(19-20-15)10-3-4-10/h10-12H,3-7H2,1-2H3,(H,18,19,20)/t11-,12-/m1/s1. The smallest absolute Gasteiger partial charge is 0.259 e. The molecule has 2 aliphatic rings. The van der Waals surface area contributed by atoms with Crippen LogP contribution in [0, 0.1) is 19.8 Å². The van der Waals surface area contributed by atoms with E-state index < -0.39 is 6.67 Å². The average Bonchev–Trinajstić information content (AvgIpc) is 3.02. The predicted molar refractivity (Wildman–Crippen MR) is 82.4 cm³/mol. The van der Waals surface area contributed by atoms with E-state index in [0.29, 0.717) is 41.8 Å². The van der Waals surface area contributed by atoms with Gasteiger partial charge in [-0.25, -0.2) is 4.98 Å². The third-order valence-electron chi connectivity index (χ3n) is 4.99. The van der Waals surface area contributed by atoms with Gasteiger partial charge in [0.25, 0.3) is 5.91 Å². The molecule has 2 aromatic rings. The molecule has 8 heteroatoms. The number of carbonyl (C=O) groups is 1. The minimum atomic E-state index is -0.491. The minimum absolute atomic E-state index is 0.153. The fourth-order valence-electron chi connectivity index (χ4n) is 3.43. The number of aryl methyl sites for hydroxylation is 2. The Morgan fingerprint density at radius 1 is 1.38 bits per heavy atom. The normalized spacial score (nSPS) is 23.9. The number of amides is 1. The van der Waals surface area contributed by atoms with Crippen LogP contribution in [-0.2, 0) is 0 Å². The maximum atomic E-state index is 13.5. The molecule has 1 amide bonds. The number of halogens is 1. The second kappa shape index (κ2) is 5.68. The van der Waals surface area contributed by atoms with Crippen LogP contribution < -0.4 is 0 Å². The van der Waals surface area contributed by atoms with Crippen LogP contribution in [0.3, 0.4) is 0 Å². The lowest BCUT2D eigenvalue weighted by atomic mass is 9.97. The van der Waals surface area contributed by atoms with Crippen molar-refractivity contribution in [3.63, 3.8) is 0 Å². The zero-order valence-electron chi connectivity index (χ0n) is 13.8. The van der Waals surface area contributed by atoms with Crippen LogP contribution >= 0.6 is 0 Å². The fourth-order valence-corrected chi connectivity index (χ4v) is 3.43. The van der Waals surface area contributed by atoms with E-state index in [-0.39, 0.29) is 17.7 Å². The highest BCUT2D eigenvalue weighted by Crippen LogP contribution is 2.39. The molecule has 128 valence electrons. The largest absolute Gasteiger partial charge is 0.361 e. The zero-order valence-corrected chi connectivity index (χ0v) is 13.8. The van der Waals surface area contributed by atoms with Crippen molar-refractivity contribution in [2.45, 2.75) is 38.5 Å². The number of nitrogens with one attached hydrogen (secondary N) is 1. The van der Waals surface area contributed by atoms with E-state index in [1.165, 1.54) is 0 Å². The van der Waals surface area contributed by atoms with Crippen molar-refractivity contribution in [2.75, 3.05) is 19.8 Å². The third-order valence-corrected chi connectivity index (χ3v) is 4.99. The molecular weight excluding hydrogens is 313 g/mol. The number of hydrogen-bond acceptors (Lipinski definition) is 5. The van der Waals surface area contributed by atoms with Gasteiger partial charge in [0.05, 0.1) is 12.4 Å². The SMILES string of the molecule is Cc1noc(C)c1C(=O)N1C[C@@H](CF)[C@H](c2nc(C3CC3)n[nH]2)C1. The number of nitrogens with zero attached hydrogens (tertiary/aromatic N) is 4. The molecule has 0 aromatic carbocycles. The molecule has 1 saturated carbocycles. The number of rotatable bonds is 4. The van der Waals surface area contributed by atoms with Gasteiger partial charge in [-0.2, -0.15) is 5.10 Å². The van der Waals surface area contributed by atoms with Gasteiger partial charge < -0.3 is 9.42 Å². The Morgan fingerprint density at radius 3 is 2.79 bits per heavy atom. The maximum Gasteiger partial charge on any atom is 0.259 e. The van der Waals surface area contributed by atoms with Gasteiger partial charge in [-0.3, -0.25) is 14.3 Å². The van der Waals surface area contributed by atoms with Crippen molar-refractivity contribution in [1.82, 2.24) is 25.2 Å². The first-order valence-electron chi connectivity index (χ1n) is 8.28. The molecule has 24 heavy (non-hydrogen) atoms. The lowest BCUT2D eigenvalue weighted by Gasteiger charge is -2.15. The Kier molecular flexibility index (Phi) is 3.62. The Balaban J connectivity index is 1.55. The van der Waals surface area contributed by atoms with E-state index in [2.05, 4.69) is 20.3 Å². The van der Waals surface area contributed by atoms with Crippen molar-refractivity contribution in [2.24, 2.45) is 5.92 Å². The van der Waals surface area contributed by atoms with Crippen LogP contribution in [0.2, 0.25) is 0 Å². The van der Waals surface area contributed by atoms with Crippen LogP contribution in [-0.4, -0.2) is 50.9 Å². The Hall–Kier alpha value is -2.25. The summed E-state index contributed by atoms with van der Waals surface area (Å²) in [5.74, 6) is 1.86. The van der Waals surface area contributed by atoms with Crippen LogP contribution in [0.15, 0.2) is 4.52 Å². The molecule has 0 radical (unpaired) electrons. The quantitative estimate of drug-likeness (QED) is 0.926. The van der Waals surface area contributed by atoms with E-state index in [1.807, 2.05) is 0 Å². The second-order valence-corrected chi connectivity index (χ2v) is 6.78. The number of likely N-dealkylation sites (tertiary alicyclic amines) is 1. The lowest BCUT2D eigenvalue weighted by Crippen LogP contribution is -2.30. The van der Waals surface area contributed by atoms with Crippen molar-refractivity contribution >= 4 is 5.91 Å². The monoisotopic (exact) mass is 333 g/mol. The first-order chi connectivity index (χ1) is 11.6. The van der Waals surface area contributed by atoms with Gasteiger partial charge in [0, 0.05) is 30.8 Å². The number of aromatic amines is 1. The summed E-state index contributed by atoms with van der Waals surface area (Å²) in [6.45, 7) is 3.75. The number of aromatic nitrogens is 4. The third kappa shape index (κ3) is 2.50. The van der Waals surface area contributed by atoms with E-state index in [0.717, 1.165) is 18.7 Å². The molecule has 1 aliphatic carbocycles. The maximum absolute atomic E-state index is 13.5. The molecule has 3 heterocycles. The number of hydrogen-bond donors (Lipinski definition) is 1. The molecule has 4 rings (SSSR count). The molecule has 1 saturated heterocycles. The van der Waals surface area contributed by atoms with Crippen LogP contribution in [0.25, 0.3) is 0 Å². The van der Waals surface area contributed by atoms with Gasteiger partial charge in [-0.15, -0.1) is 0 Å². The van der Waals surface area contributed by atoms with E-state index >= 15 is 0 Å². The van der Waals surface area contributed by atoms with Gasteiger partial charge in [0.1, 0.15) is 17.1 Å². The molecule has 0 unspecified atom stereocenters. The molecule has 1 N–H and O–H groups in total. The minimum Gasteiger partial charge on any atom is -0.361 e. The highest BCUT2D eigenvalue weighted by molar-refractivity contribution is 5.96. The van der Waals surface area contributed by atoms with Crippen molar-refractivity contribution < 1.29 is 13.7 Å². The average molecular weight is 333 g/mol. The van der Waals surface area contributed by atoms with Gasteiger partial charge in [-0.1, -0.05) is 5.16 Å². The summed E-state index contributed by atoms with van der Waals surface area (Å²) < 4.78 is 18.6. The second-order valence-electron chi connectivity index (χ2n) is 6.78. The van der Waals surface area contributed by atoms with Crippen LogP contribution in [0.4, 0.5) is 4.39 Å². The molecule has 7 nitrogen and oxygen atoms in total. The molecular formula is C16H20FN5O2. The molecule has 2 fully saturated rings. The first-order valence-corrected chi connectivity index (χ1v) is 8.28. The summed E-state index contributed by atoms with van der Waals surface area (Å²) >= 11 is 0. The summed E-state index contributed by atoms with van der Waals surface area (Å²) in [6.07, 6.45) is 2.23. The molecule has 2 atom stereocenters. The summed E-state index contributed by atoms with van der Waals surface area (Å²) in [5.41, 5.74) is 1.04. The molecule has 1 aliphatic heterocycles. The first kappa shape index (κ1) is 15.3. The number of H-pyrrole nitrogens is 1. The Labute approximate surface area is 138 Å². The van der Waals surface area contributed by atoms with Crippen molar-refractivity contribution in [1.29, 1.82) is 0 Å². The van der Waals surface area contributed by atoms with Gasteiger partial charge in [-0.05, 0) is 26.7 Å². The summed E-state index contributed by atoms with van der Waals surface area (Å²) in [4.78, 5) is 19.0. The van der Waals surface area contributed by atoms with Crippen LogP contribution in [0.1, 0.15) is 58.1 Å². The van der Waals surface area contributed by atoms with Gasteiger partial charge >= 0.3 is 0 Å².